The third-order valence-corrected chi connectivity index (χ3v) is 3.56. The van der Waals surface area contributed by atoms with Crippen LogP contribution >= 0.6 is 11.6 Å². The number of H-pyrrole nitrogens is 1. The van der Waals surface area contributed by atoms with E-state index in [-0.39, 0.29) is 24.0 Å². The van der Waals surface area contributed by atoms with E-state index in [1.807, 2.05) is 18.2 Å². The molecule has 100 valence electrons. The zero-order valence-electron chi connectivity index (χ0n) is 10.8. The van der Waals surface area contributed by atoms with E-state index in [2.05, 4.69) is 34.9 Å². The first-order chi connectivity index (χ1) is 8.78. The lowest BCUT2D eigenvalue weighted by Crippen LogP contribution is -3.00. The molecule has 0 spiro atoms. The van der Waals surface area contributed by atoms with Crippen LogP contribution in [0.15, 0.2) is 36.7 Å². The van der Waals surface area contributed by atoms with Crippen molar-refractivity contribution in [3.8, 4) is 0 Å². The molecular formula is C15H16ClIN2. The number of hydrogen-bond donors (Lipinski definition) is 1. The Morgan fingerprint density at radius 2 is 2.00 bits per heavy atom. The Morgan fingerprint density at radius 3 is 2.79 bits per heavy atom. The van der Waals surface area contributed by atoms with Crippen LogP contribution in [-0.4, -0.2) is 4.98 Å². The van der Waals surface area contributed by atoms with Crippen molar-refractivity contribution < 1.29 is 28.5 Å². The van der Waals surface area contributed by atoms with Crippen molar-refractivity contribution in [1.29, 1.82) is 0 Å². The highest BCUT2D eigenvalue weighted by molar-refractivity contribution is 6.31. The average Bonchev–Trinajstić information content (AvgIpc) is 2.73. The molecule has 0 unspecified atom stereocenters. The molecule has 1 aromatic carbocycles. The molecule has 0 aliphatic rings. The molecule has 0 fully saturated rings. The van der Waals surface area contributed by atoms with Crippen LogP contribution in [0.3, 0.4) is 0 Å². The highest BCUT2D eigenvalue weighted by Crippen LogP contribution is 2.26. The smallest absolute Gasteiger partial charge is 0.193 e. The van der Waals surface area contributed by atoms with E-state index < -0.39 is 0 Å². The molecule has 3 aromatic rings. The fourth-order valence-corrected chi connectivity index (χ4v) is 2.52. The van der Waals surface area contributed by atoms with E-state index >= 15 is 0 Å². The van der Waals surface area contributed by atoms with Crippen molar-refractivity contribution in [2.45, 2.75) is 26.3 Å². The summed E-state index contributed by atoms with van der Waals surface area (Å²) in [6, 6.07) is 8.14. The fourth-order valence-electron chi connectivity index (χ4n) is 2.35. The fraction of sp³-hybridized carbons (Fsp3) is 0.267. The van der Waals surface area contributed by atoms with Crippen LogP contribution in [0.25, 0.3) is 21.8 Å². The Morgan fingerprint density at radius 1 is 1.16 bits per heavy atom. The Balaban J connectivity index is 0.00000133. The normalized spacial score (nSPS) is 10.8. The lowest BCUT2D eigenvalue weighted by atomic mass is 10.2. The number of benzene rings is 1. The average molecular weight is 387 g/mol. The molecule has 2 nitrogen and oxygen atoms in total. The molecule has 1 N–H and O–H groups in total. The number of hydrogen-bond acceptors (Lipinski definition) is 0. The molecule has 2 heterocycles. The van der Waals surface area contributed by atoms with Crippen molar-refractivity contribution in [2.75, 3.05) is 0 Å². The monoisotopic (exact) mass is 386 g/mol. The van der Waals surface area contributed by atoms with Gasteiger partial charge in [-0.2, -0.15) is 0 Å². The number of aromatic amines is 1. The molecule has 4 heteroatoms. The summed E-state index contributed by atoms with van der Waals surface area (Å²) >= 11 is 6.06. The van der Waals surface area contributed by atoms with Gasteiger partial charge in [0.2, 0.25) is 0 Å². The molecular weight excluding hydrogens is 371 g/mol. The molecule has 0 aliphatic carbocycles. The lowest BCUT2D eigenvalue weighted by molar-refractivity contribution is -0.696. The molecule has 19 heavy (non-hydrogen) atoms. The number of nitrogens with zero attached hydrogens (tertiary/aromatic N) is 1. The van der Waals surface area contributed by atoms with Crippen molar-refractivity contribution in [1.82, 2.24) is 4.98 Å². The quantitative estimate of drug-likeness (QED) is 0.513. The van der Waals surface area contributed by atoms with Crippen LogP contribution in [0.5, 0.6) is 0 Å². The Bertz CT molecular complexity index is 706. The van der Waals surface area contributed by atoms with Gasteiger partial charge >= 0.3 is 0 Å². The first kappa shape index (κ1) is 14.6. The van der Waals surface area contributed by atoms with Crippen LogP contribution in [0.2, 0.25) is 5.02 Å². The molecule has 0 saturated carbocycles. The second-order valence-corrected chi connectivity index (χ2v) is 5.11. The third kappa shape index (κ3) is 2.87. The summed E-state index contributed by atoms with van der Waals surface area (Å²) in [5.41, 5.74) is 2.31. The SMILES string of the molecule is CCCC[n+]1ccc2c(c1)[nH]c1ccc(Cl)cc12.[I-]. The summed E-state index contributed by atoms with van der Waals surface area (Å²) in [6.45, 7) is 3.28. The number of aryl methyl sites for hydroxylation is 1. The standard InChI is InChI=1S/C15H15ClN2.HI/c1-2-3-7-18-8-6-12-13-9-11(16)4-5-14(13)17-15(12)10-18;/h4-6,8-10H,2-3,7H2,1H3;1H. The van der Waals surface area contributed by atoms with Gasteiger partial charge in [0, 0.05) is 33.8 Å². The summed E-state index contributed by atoms with van der Waals surface area (Å²) in [4.78, 5) is 3.44. The van der Waals surface area contributed by atoms with Crippen molar-refractivity contribution in [3.05, 3.63) is 41.7 Å². The second kappa shape index (κ2) is 6.09. The zero-order chi connectivity index (χ0) is 12.5. The molecule has 3 rings (SSSR count). The first-order valence-electron chi connectivity index (χ1n) is 6.38. The van der Waals surface area contributed by atoms with Crippen LogP contribution in [0.4, 0.5) is 0 Å². The number of unbranched alkanes of at least 4 members (excludes halogenated alkanes) is 1. The number of halogens is 2. The van der Waals surface area contributed by atoms with Gasteiger partial charge in [-0.1, -0.05) is 24.9 Å². The number of fused-ring (bicyclic) bond motifs is 3. The number of pyridine rings is 1. The van der Waals surface area contributed by atoms with E-state index in [0.29, 0.717) is 0 Å². The summed E-state index contributed by atoms with van der Waals surface area (Å²) in [7, 11) is 0. The largest absolute Gasteiger partial charge is 1.00 e. The summed E-state index contributed by atoms with van der Waals surface area (Å²) in [6.07, 6.45) is 6.75. The molecule has 0 aliphatic heterocycles. The van der Waals surface area contributed by atoms with Gasteiger partial charge in [0.25, 0.3) is 0 Å². The van der Waals surface area contributed by atoms with E-state index in [0.717, 1.165) is 17.1 Å². The van der Waals surface area contributed by atoms with Gasteiger partial charge in [0.1, 0.15) is 12.1 Å². The molecule has 0 radical (unpaired) electrons. The molecule has 0 bridgehead atoms. The number of rotatable bonds is 3. The van der Waals surface area contributed by atoms with Crippen LogP contribution in [0, 0.1) is 0 Å². The minimum atomic E-state index is 0. The maximum atomic E-state index is 6.06. The number of nitrogens with one attached hydrogen (secondary N) is 1. The topological polar surface area (TPSA) is 19.7 Å². The van der Waals surface area contributed by atoms with E-state index in [1.165, 1.54) is 29.1 Å². The highest BCUT2D eigenvalue weighted by atomic mass is 127. The highest BCUT2D eigenvalue weighted by Gasteiger charge is 2.08. The molecule has 0 amide bonds. The Labute approximate surface area is 134 Å². The van der Waals surface area contributed by atoms with Crippen LogP contribution < -0.4 is 28.5 Å². The minimum Gasteiger partial charge on any atom is -1.00 e. The van der Waals surface area contributed by atoms with E-state index in [9.17, 15) is 0 Å². The van der Waals surface area contributed by atoms with Gasteiger partial charge in [-0.25, -0.2) is 4.57 Å². The molecule has 0 atom stereocenters. The first-order valence-corrected chi connectivity index (χ1v) is 6.76. The van der Waals surface area contributed by atoms with Crippen LogP contribution in [-0.2, 0) is 6.54 Å². The number of aromatic nitrogens is 2. The van der Waals surface area contributed by atoms with Crippen molar-refractivity contribution in [3.63, 3.8) is 0 Å². The van der Waals surface area contributed by atoms with E-state index in [1.54, 1.807) is 0 Å². The Hall–Kier alpha value is -0.810. The molecule has 0 saturated heterocycles. The van der Waals surface area contributed by atoms with Crippen molar-refractivity contribution >= 4 is 33.4 Å². The van der Waals surface area contributed by atoms with Crippen molar-refractivity contribution in [2.24, 2.45) is 0 Å². The second-order valence-electron chi connectivity index (χ2n) is 4.68. The molecule has 2 aromatic heterocycles. The van der Waals surface area contributed by atoms with Gasteiger partial charge in [0.05, 0.1) is 0 Å². The van der Waals surface area contributed by atoms with Gasteiger partial charge in [-0.3, -0.25) is 0 Å². The summed E-state index contributed by atoms with van der Waals surface area (Å²) in [5, 5.41) is 3.21. The third-order valence-electron chi connectivity index (χ3n) is 3.33. The summed E-state index contributed by atoms with van der Waals surface area (Å²) < 4.78 is 2.24. The van der Waals surface area contributed by atoms with E-state index in [4.69, 9.17) is 11.6 Å². The van der Waals surface area contributed by atoms with Gasteiger partial charge in [-0.05, 0) is 18.2 Å². The minimum absolute atomic E-state index is 0. The van der Waals surface area contributed by atoms with Gasteiger partial charge in [0.15, 0.2) is 12.4 Å². The van der Waals surface area contributed by atoms with Gasteiger partial charge in [-0.15, -0.1) is 0 Å². The maximum Gasteiger partial charge on any atom is 0.193 e. The predicted molar refractivity (Wildman–Crippen MR) is 75.9 cm³/mol. The maximum absolute atomic E-state index is 6.06. The lowest BCUT2D eigenvalue weighted by Gasteiger charge is -1.95. The summed E-state index contributed by atoms with van der Waals surface area (Å²) in [5.74, 6) is 0. The zero-order valence-corrected chi connectivity index (χ0v) is 13.7. The Kier molecular flexibility index (Phi) is 4.68. The predicted octanol–water partition coefficient (Wildman–Crippen LogP) is 1.07. The van der Waals surface area contributed by atoms with Gasteiger partial charge < -0.3 is 29.0 Å². The van der Waals surface area contributed by atoms with Crippen LogP contribution in [0.1, 0.15) is 19.8 Å².